The fourth-order valence-electron chi connectivity index (χ4n) is 3.60. The van der Waals surface area contributed by atoms with E-state index in [9.17, 15) is 4.79 Å². The lowest BCUT2D eigenvalue weighted by molar-refractivity contribution is 0.110. The van der Waals surface area contributed by atoms with Crippen LogP contribution in [-0.2, 0) is 13.0 Å². The van der Waals surface area contributed by atoms with Crippen LogP contribution in [0.2, 0.25) is 0 Å². The van der Waals surface area contributed by atoms with Crippen LogP contribution in [0.3, 0.4) is 0 Å². The summed E-state index contributed by atoms with van der Waals surface area (Å²) in [6.07, 6.45) is 6.33. The Balaban J connectivity index is 1.27. The Hall–Kier alpha value is -3.15. The van der Waals surface area contributed by atoms with Crippen molar-refractivity contribution in [1.82, 2.24) is 24.8 Å². The zero-order valence-corrected chi connectivity index (χ0v) is 16.1. The SMILES string of the molecule is Cc1cnc(-c2ccncc2)n1CC1CN(C(=O)NCCc2ccccc2)C1. The van der Waals surface area contributed by atoms with Gasteiger partial charge in [0, 0.05) is 61.9 Å². The minimum Gasteiger partial charge on any atom is -0.338 e. The molecule has 1 aliphatic rings. The molecule has 1 aromatic carbocycles. The summed E-state index contributed by atoms with van der Waals surface area (Å²) in [4.78, 5) is 22.8. The van der Waals surface area contributed by atoms with Crippen LogP contribution >= 0.6 is 0 Å². The topological polar surface area (TPSA) is 63.1 Å². The van der Waals surface area contributed by atoms with Crippen molar-refractivity contribution in [2.75, 3.05) is 19.6 Å². The second-order valence-electron chi connectivity index (χ2n) is 7.31. The quantitative estimate of drug-likeness (QED) is 0.720. The number of hydrogen-bond donors (Lipinski definition) is 1. The number of nitrogens with one attached hydrogen (secondary N) is 1. The highest BCUT2D eigenvalue weighted by Gasteiger charge is 2.31. The molecule has 6 heteroatoms. The number of likely N-dealkylation sites (tertiary alicyclic amines) is 1. The average Bonchev–Trinajstić information content (AvgIpc) is 3.06. The molecule has 1 N–H and O–H groups in total. The molecule has 0 bridgehead atoms. The Morgan fingerprint density at radius 1 is 1.14 bits per heavy atom. The van der Waals surface area contributed by atoms with Gasteiger partial charge in [-0.15, -0.1) is 0 Å². The van der Waals surface area contributed by atoms with E-state index in [2.05, 4.69) is 38.9 Å². The lowest BCUT2D eigenvalue weighted by Crippen LogP contribution is -2.55. The van der Waals surface area contributed by atoms with Gasteiger partial charge in [-0.3, -0.25) is 4.98 Å². The van der Waals surface area contributed by atoms with E-state index in [0.717, 1.165) is 43.1 Å². The lowest BCUT2D eigenvalue weighted by atomic mass is 10.0. The predicted molar refractivity (Wildman–Crippen MR) is 109 cm³/mol. The summed E-state index contributed by atoms with van der Waals surface area (Å²) in [5.41, 5.74) is 3.44. The summed E-state index contributed by atoms with van der Waals surface area (Å²) < 4.78 is 2.24. The average molecular weight is 375 g/mol. The molecule has 144 valence electrons. The van der Waals surface area contributed by atoms with Crippen molar-refractivity contribution in [3.63, 3.8) is 0 Å². The number of carbonyl (C=O) groups is 1. The normalized spacial score (nSPS) is 14.0. The van der Waals surface area contributed by atoms with Crippen molar-refractivity contribution in [2.24, 2.45) is 5.92 Å². The van der Waals surface area contributed by atoms with E-state index in [-0.39, 0.29) is 6.03 Å². The van der Waals surface area contributed by atoms with Gasteiger partial charge in [-0.2, -0.15) is 0 Å². The maximum absolute atomic E-state index is 12.3. The van der Waals surface area contributed by atoms with Gasteiger partial charge in [-0.25, -0.2) is 9.78 Å². The lowest BCUT2D eigenvalue weighted by Gasteiger charge is -2.39. The minimum atomic E-state index is 0.0314. The van der Waals surface area contributed by atoms with E-state index >= 15 is 0 Å². The monoisotopic (exact) mass is 375 g/mol. The van der Waals surface area contributed by atoms with E-state index < -0.39 is 0 Å². The van der Waals surface area contributed by atoms with Crippen LogP contribution < -0.4 is 5.32 Å². The Bertz CT molecular complexity index is 917. The maximum Gasteiger partial charge on any atom is 0.317 e. The molecule has 6 nitrogen and oxygen atoms in total. The van der Waals surface area contributed by atoms with Crippen molar-refractivity contribution < 1.29 is 4.79 Å². The number of imidazole rings is 1. The van der Waals surface area contributed by atoms with E-state index in [1.165, 1.54) is 5.56 Å². The summed E-state index contributed by atoms with van der Waals surface area (Å²) >= 11 is 0. The largest absolute Gasteiger partial charge is 0.338 e. The van der Waals surface area contributed by atoms with Crippen LogP contribution in [0.4, 0.5) is 4.79 Å². The Morgan fingerprint density at radius 2 is 1.89 bits per heavy atom. The number of carbonyl (C=O) groups excluding carboxylic acids is 1. The third kappa shape index (κ3) is 4.06. The van der Waals surface area contributed by atoms with Gasteiger partial charge in [0.15, 0.2) is 0 Å². The molecule has 1 fully saturated rings. The molecule has 0 atom stereocenters. The summed E-state index contributed by atoms with van der Waals surface area (Å²) in [6.45, 7) is 5.17. The molecule has 2 amide bonds. The number of hydrogen-bond acceptors (Lipinski definition) is 3. The van der Waals surface area contributed by atoms with E-state index in [1.54, 1.807) is 12.4 Å². The zero-order chi connectivity index (χ0) is 19.3. The predicted octanol–water partition coefficient (Wildman–Crippen LogP) is 3.14. The molecule has 28 heavy (non-hydrogen) atoms. The van der Waals surface area contributed by atoms with E-state index in [0.29, 0.717) is 12.5 Å². The number of rotatable bonds is 6. The molecule has 0 saturated carbocycles. The van der Waals surface area contributed by atoms with Crippen LogP contribution in [0.25, 0.3) is 11.4 Å². The van der Waals surface area contributed by atoms with Crippen LogP contribution in [-0.4, -0.2) is 45.1 Å². The summed E-state index contributed by atoms with van der Waals surface area (Å²) in [5.74, 6) is 1.42. The second-order valence-corrected chi connectivity index (χ2v) is 7.31. The standard InChI is InChI=1S/C22H25N5O/c1-17-13-25-21(20-8-10-23-11-9-20)27(17)16-19-14-26(15-19)22(28)24-12-7-18-5-3-2-4-6-18/h2-6,8-11,13,19H,7,12,14-16H2,1H3,(H,24,28). The first-order chi connectivity index (χ1) is 13.7. The fourth-order valence-corrected chi connectivity index (χ4v) is 3.60. The van der Waals surface area contributed by atoms with Crippen LogP contribution in [0, 0.1) is 12.8 Å². The van der Waals surface area contributed by atoms with Gasteiger partial charge >= 0.3 is 6.03 Å². The van der Waals surface area contributed by atoms with Crippen molar-refractivity contribution in [3.05, 3.63) is 72.3 Å². The highest BCUT2D eigenvalue weighted by Crippen LogP contribution is 2.24. The molecule has 3 aromatic rings. The van der Waals surface area contributed by atoms with Crippen LogP contribution in [0.5, 0.6) is 0 Å². The van der Waals surface area contributed by atoms with Gasteiger partial charge in [0.1, 0.15) is 5.82 Å². The molecular weight excluding hydrogens is 350 g/mol. The first kappa shape index (κ1) is 18.2. The molecule has 2 aromatic heterocycles. The number of aromatic nitrogens is 3. The fraction of sp³-hybridized carbons (Fsp3) is 0.318. The van der Waals surface area contributed by atoms with Gasteiger partial charge in [-0.1, -0.05) is 30.3 Å². The molecule has 1 aliphatic heterocycles. The van der Waals surface area contributed by atoms with Gasteiger partial charge in [0.2, 0.25) is 0 Å². The van der Waals surface area contributed by atoms with Gasteiger partial charge < -0.3 is 14.8 Å². The van der Waals surface area contributed by atoms with Crippen molar-refractivity contribution in [1.29, 1.82) is 0 Å². The molecule has 0 spiro atoms. The molecule has 4 rings (SSSR count). The van der Waals surface area contributed by atoms with Crippen molar-refractivity contribution in [3.8, 4) is 11.4 Å². The second kappa shape index (κ2) is 8.25. The number of benzene rings is 1. The molecule has 0 unspecified atom stereocenters. The summed E-state index contributed by atoms with van der Waals surface area (Å²) in [6, 6.07) is 14.2. The smallest absolute Gasteiger partial charge is 0.317 e. The Kier molecular flexibility index (Phi) is 5.37. The highest BCUT2D eigenvalue weighted by atomic mass is 16.2. The van der Waals surface area contributed by atoms with Crippen LogP contribution in [0.15, 0.2) is 61.1 Å². The van der Waals surface area contributed by atoms with Crippen molar-refractivity contribution >= 4 is 6.03 Å². The molecular formula is C22H25N5O. The summed E-state index contributed by atoms with van der Waals surface area (Å²) in [5, 5.41) is 3.02. The Labute approximate surface area is 165 Å². The molecule has 0 aliphatic carbocycles. The van der Waals surface area contributed by atoms with Crippen molar-refractivity contribution in [2.45, 2.75) is 19.9 Å². The van der Waals surface area contributed by atoms with Crippen LogP contribution in [0.1, 0.15) is 11.3 Å². The maximum atomic E-state index is 12.3. The zero-order valence-electron chi connectivity index (χ0n) is 16.1. The number of amides is 2. The first-order valence-electron chi connectivity index (χ1n) is 9.70. The number of pyridine rings is 1. The number of aryl methyl sites for hydroxylation is 1. The van der Waals surface area contributed by atoms with Gasteiger partial charge in [0.25, 0.3) is 0 Å². The van der Waals surface area contributed by atoms with Gasteiger partial charge in [-0.05, 0) is 31.0 Å². The molecule has 3 heterocycles. The summed E-state index contributed by atoms with van der Waals surface area (Å²) in [7, 11) is 0. The van der Waals surface area contributed by atoms with Gasteiger partial charge in [0.05, 0.1) is 0 Å². The third-order valence-electron chi connectivity index (χ3n) is 5.21. The van der Waals surface area contributed by atoms with E-state index in [4.69, 9.17) is 0 Å². The highest BCUT2D eigenvalue weighted by molar-refractivity contribution is 5.75. The minimum absolute atomic E-state index is 0.0314. The number of nitrogens with zero attached hydrogens (tertiary/aromatic N) is 4. The molecule has 1 saturated heterocycles. The van der Waals surface area contributed by atoms with E-state index in [1.807, 2.05) is 41.4 Å². The Morgan fingerprint density at radius 3 is 2.64 bits per heavy atom. The third-order valence-corrected chi connectivity index (χ3v) is 5.21. The number of urea groups is 1. The first-order valence-corrected chi connectivity index (χ1v) is 9.70. The molecule has 0 radical (unpaired) electrons.